The van der Waals surface area contributed by atoms with Crippen molar-refractivity contribution in [2.75, 3.05) is 19.7 Å². The number of halogens is 1. The third-order valence-electron chi connectivity index (χ3n) is 4.07. The largest absolute Gasteiger partial charge is 0.444 e. The van der Waals surface area contributed by atoms with E-state index in [1.807, 2.05) is 0 Å². The molecule has 1 aromatic heterocycles. The van der Waals surface area contributed by atoms with Gasteiger partial charge in [0.15, 0.2) is 0 Å². The summed E-state index contributed by atoms with van der Waals surface area (Å²) in [4.78, 5) is 17.1. The molecular weight excluding hydrogens is 413 g/mol. The third kappa shape index (κ3) is 6.61. The standard InChI is InChI=1S/C20H28FN3O5S/c1-14(13-24(8-5-9-25)19(26)29-20(2,3)4)23-30(27,28)18-11-15-6-7-22-12-16(15)10-17(18)21/h6-7,10-12,14,23,25H,5,8-9,13H2,1-4H3. The van der Waals surface area contributed by atoms with Crippen molar-refractivity contribution in [3.05, 3.63) is 36.4 Å². The van der Waals surface area contributed by atoms with Gasteiger partial charge in [0.1, 0.15) is 16.3 Å². The summed E-state index contributed by atoms with van der Waals surface area (Å²) in [5.41, 5.74) is -0.722. The third-order valence-corrected chi connectivity index (χ3v) is 5.67. The van der Waals surface area contributed by atoms with Gasteiger partial charge in [-0.3, -0.25) is 4.98 Å². The van der Waals surface area contributed by atoms with Crippen molar-refractivity contribution in [2.24, 2.45) is 0 Å². The molecule has 1 aromatic carbocycles. The van der Waals surface area contributed by atoms with E-state index in [0.717, 1.165) is 6.07 Å². The maximum absolute atomic E-state index is 14.4. The molecule has 1 unspecified atom stereocenters. The number of aliphatic hydroxyl groups is 1. The van der Waals surface area contributed by atoms with E-state index in [4.69, 9.17) is 9.84 Å². The number of hydrogen-bond donors (Lipinski definition) is 2. The SMILES string of the molecule is CC(CN(CCCO)C(=O)OC(C)(C)C)NS(=O)(=O)c1cc2ccncc2cc1F. The Morgan fingerprint density at radius 1 is 1.33 bits per heavy atom. The van der Waals surface area contributed by atoms with E-state index in [1.54, 1.807) is 33.8 Å². The van der Waals surface area contributed by atoms with Crippen LogP contribution in [0.3, 0.4) is 0 Å². The zero-order chi connectivity index (χ0) is 22.5. The van der Waals surface area contributed by atoms with Crippen LogP contribution in [-0.2, 0) is 14.8 Å². The second-order valence-corrected chi connectivity index (χ2v) is 9.71. The molecule has 0 saturated heterocycles. The van der Waals surface area contributed by atoms with Gasteiger partial charge >= 0.3 is 6.09 Å². The molecule has 10 heteroatoms. The fourth-order valence-electron chi connectivity index (χ4n) is 2.83. The van der Waals surface area contributed by atoms with Crippen molar-refractivity contribution in [1.82, 2.24) is 14.6 Å². The minimum absolute atomic E-state index is 0.00668. The lowest BCUT2D eigenvalue weighted by molar-refractivity contribution is 0.0229. The van der Waals surface area contributed by atoms with E-state index in [2.05, 4.69) is 9.71 Å². The molecule has 2 rings (SSSR count). The van der Waals surface area contributed by atoms with E-state index >= 15 is 0 Å². The molecule has 1 amide bonds. The summed E-state index contributed by atoms with van der Waals surface area (Å²) in [6.45, 7) is 6.78. The fraction of sp³-hybridized carbons (Fsp3) is 0.500. The quantitative estimate of drug-likeness (QED) is 0.652. The van der Waals surface area contributed by atoms with Gasteiger partial charge < -0.3 is 14.7 Å². The van der Waals surface area contributed by atoms with Crippen LogP contribution < -0.4 is 4.72 Å². The zero-order valence-electron chi connectivity index (χ0n) is 17.6. The van der Waals surface area contributed by atoms with Crippen LogP contribution in [0, 0.1) is 5.82 Å². The predicted octanol–water partition coefficient (Wildman–Crippen LogP) is 2.66. The maximum atomic E-state index is 14.4. The second-order valence-electron chi connectivity index (χ2n) is 8.03. The summed E-state index contributed by atoms with van der Waals surface area (Å²) in [5, 5.41) is 10.1. The van der Waals surface area contributed by atoms with Gasteiger partial charge in [0.25, 0.3) is 0 Å². The van der Waals surface area contributed by atoms with Crippen LogP contribution in [0.15, 0.2) is 35.5 Å². The van der Waals surface area contributed by atoms with Gasteiger partial charge in [-0.2, -0.15) is 0 Å². The first-order chi connectivity index (χ1) is 13.9. The number of aliphatic hydroxyl groups excluding tert-OH is 1. The summed E-state index contributed by atoms with van der Waals surface area (Å²) in [7, 11) is -4.18. The number of hydrogen-bond acceptors (Lipinski definition) is 6. The van der Waals surface area contributed by atoms with Crippen LogP contribution in [0.25, 0.3) is 10.8 Å². The number of carbonyl (C=O) groups is 1. The van der Waals surface area contributed by atoms with Crippen LogP contribution in [0.1, 0.15) is 34.1 Å². The molecule has 1 atom stereocenters. The predicted molar refractivity (Wildman–Crippen MR) is 111 cm³/mol. The molecule has 0 spiro atoms. The highest BCUT2D eigenvalue weighted by molar-refractivity contribution is 7.89. The fourth-order valence-corrected chi connectivity index (χ4v) is 4.16. The van der Waals surface area contributed by atoms with E-state index in [0.29, 0.717) is 17.2 Å². The number of sulfonamides is 1. The first kappa shape index (κ1) is 24.0. The van der Waals surface area contributed by atoms with E-state index in [9.17, 15) is 17.6 Å². The number of rotatable bonds is 8. The lowest BCUT2D eigenvalue weighted by Gasteiger charge is -2.29. The normalized spacial score (nSPS) is 13.3. The number of aromatic nitrogens is 1. The zero-order valence-corrected chi connectivity index (χ0v) is 18.4. The highest BCUT2D eigenvalue weighted by Crippen LogP contribution is 2.22. The second kappa shape index (κ2) is 9.67. The van der Waals surface area contributed by atoms with Gasteiger partial charge in [-0.1, -0.05) is 0 Å². The minimum atomic E-state index is -4.18. The first-order valence-electron chi connectivity index (χ1n) is 9.57. The molecule has 166 valence electrons. The first-order valence-corrected chi connectivity index (χ1v) is 11.1. The minimum Gasteiger partial charge on any atom is -0.444 e. The van der Waals surface area contributed by atoms with E-state index < -0.39 is 38.5 Å². The highest BCUT2D eigenvalue weighted by Gasteiger charge is 2.27. The molecule has 0 aliphatic carbocycles. The molecule has 1 heterocycles. The molecule has 2 aromatic rings. The Bertz CT molecular complexity index is 992. The molecule has 0 aliphatic rings. The Balaban J connectivity index is 2.18. The van der Waals surface area contributed by atoms with Gasteiger partial charge in [-0.05, 0) is 57.7 Å². The number of nitrogens with zero attached hydrogens (tertiary/aromatic N) is 2. The van der Waals surface area contributed by atoms with Crippen LogP contribution in [0.2, 0.25) is 0 Å². The summed E-state index contributed by atoms with van der Waals surface area (Å²) < 4.78 is 47.7. The van der Waals surface area contributed by atoms with Crippen molar-refractivity contribution >= 4 is 26.9 Å². The van der Waals surface area contributed by atoms with Crippen molar-refractivity contribution in [2.45, 2.75) is 50.7 Å². The Morgan fingerprint density at radius 2 is 2.03 bits per heavy atom. The van der Waals surface area contributed by atoms with Crippen LogP contribution in [-0.4, -0.2) is 60.8 Å². The van der Waals surface area contributed by atoms with Crippen LogP contribution in [0.4, 0.5) is 9.18 Å². The average molecular weight is 442 g/mol. The number of ether oxygens (including phenoxy) is 1. The van der Waals surface area contributed by atoms with Gasteiger partial charge in [0.05, 0.1) is 0 Å². The molecule has 0 radical (unpaired) electrons. The van der Waals surface area contributed by atoms with Crippen molar-refractivity contribution in [1.29, 1.82) is 0 Å². The summed E-state index contributed by atoms with van der Waals surface area (Å²) in [6, 6.07) is 3.24. The molecule has 30 heavy (non-hydrogen) atoms. The van der Waals surface area contributed by atoms with E-state index in [-0.39, 0.29) is 19.7 Å². The molecular formula is C20H28FN3O5S. The Morgan fingerprint density at radius 3 is 2.67 bits per heavy atom. The number of carbonyl (C=O) groups excluding carboxylic acids is 1. The smallest absolute Gasteiger partial charge is 0.410 e. The Kier molecular flexibility index (Phi) is 7.73. The molecule has 2 N–H and O–H groups in total. The monoisotopic (exact) mass is 441 g/mol. The molecule has 0 fully saturated rings. The number of fused-ring (bicyclic) bond motifs is 1. The Hall–Kier alpha value is -2.30. The number of amides is 1. The summed E-state index contributed by atoms with van der Waals surface area (Å²) in [5.74, 6) is -0.889. The number of pyridine rings is 1. The summed E-state index contributed by atoms with van der Waals surface area (Å²) in [6.07, 6.45) is 2.63. The molecule has 0 bridgehead atoms. The maximum Gasteiger partial charge on any atom is 0.410 e. The van der Waals surface area contributed by atoms with Gasteiger partial charge in [0, 0.05) is 43.5 Å². The Labute approximate surface area is 176 Å². The van der Waals surface area contributed by atoms with Crippen molar-refractivity contribution < 1.29 is 27.4 Å². The van der Waals surface area contributed by atoms with Crippen LogP contribution in [0.5, 0.6) is 0 Å². The lowest BCUT2D eigenvalue weighted by atomic mass is 10.2. The lowest BCUT2D eigenvalue weighted by Crippen LogP contribution is -2.46. The topological polar surface area (TPSA) is 109 Å². The van der Waals surface area contributed by atoms with Crippen molar-refractivity contribution in [3.63, 3.8) is 0 Å². The molecule has 0 aliphatic heterocycles. The number of nitrogens with one attached hydrogen (secondary N) is 1. The van der Waals surface area contributed by atoms with Gasteiger partial charge in [0.2, 0.25) is 10.0 Å². The van der Waals surface area contributed by atoms with Gasteiger partial charge in [-0.25, -0.2) is 22.3 Å². The van der Waals surface area contributed by atoms with Crippen molar-refractivity contribution in [3.8, 4) is 0 Å². The van der Waals surface area contributed by atoms with Crippen LogP contribution >= 0.6 is 0 Å². The summed E-state index contributed by atoms with van der Waals surface area (Å²) >= 11 is 0. The van der Waals surface area contributed by atoms with E-state index in [1.165, 1.54) is 23.4 Å². The average Bonchev–Trinajstić information content (AvgIpc) is 2.62. The van der Waals surface area contributed by atoms with Gasteiger partial charge in [-0.15, -0.1) is 0 Å². The number of benzene rings is 1. The molecule has 8 nitrogen and oxygen atoms in total. The highest BCUT2D eigenvalue weighted by atomic mass is 32.2. The molecule has 0 saturated carbocycles.